The molecule has 82 valence electrons. The van der Waals surface area contributed by atoms with Crippen LogP contribution < -0.4 is 11.1 Å². The van der Waals surface area contributed by atoms with Gasteiger partial charge in [-0.15, -0.1) is 0 Å². The van der Waals surface area contributed by atoms with Crippen LogP contribution in [0.4, 0.5) is 11.6 Å². The fourth-order valence-corrected chi connectivity index (χ4v) is 1.73. The molecule has 1 fully saturated rings. The van der Waals surface area contributed by atoms with Crippen LogP contribution in [-0.4, -0.2) is 28.7 Å². The topological polar surface area (TPSA) is 73.1 Å². The maximum absolute atomic E-state index is 5.65. The zero-order chi connectivity index (χ0) is 10.9. The van der Waals surface area contributed by atoms with E-state index >= 15 is 0 Å². The van der Waals surface area contributed by atoms with Gasteiger partial charge in [-0.05, 0) is 20.3 Å². The molecule has 1 aliphatic heterocycles. The minimum absolute atomic E-state index is 0.0345. The minimum atomic E-state index is -0.0345. The number of ether oxygens (including phenoxy) is 1. The van der Waals surface area contributed by atoms with Gasteiger partial charge in [0.15, 0.2) is 0 Å². The maximum atomic E-state index is 5.65. The molecule has 1 saturated heterocycles. The monoisotopic (exact) mass is 208 g/mol. The molecule has 0 aliphatic carbocycles. The van der Waals surface area contributed by atoms with Gasteiger partial charge in [-0.1, -0.05) is 0 Å². The molecule has 0 bridgehead atoms. The molecule has 15 heavy (non-hydrogen) atoms. The normalized spacial score (nSPS) is 25.5. The summed E-state index contributed by atoms with van der Waals surface area (Å²) in [6.07, 6.45) is 0.982. The quantitative estimate of drug-likeness (QED) is 0.757. The largest absolute Gasteiger partial charge is 0.384 e. The van der Waals surface area contributed by atoms with Crippen molar-refractivity contribution in [1.29, 1.82) is 0 Å². The van der Waals surface area contributed by atoms with Crippen molar-refractivity contribution in [2.24, 2.45) is 0 Å². The summed E-state index contributed by atoms with van der Waals surface area (Å²) in [5.74, 6) is 1.94. The Morgan fingerprint density at radius 3 is 2.93 bits per heavy atom. The van der Waals surface area contributed by atoms with Crippen molar-refractivity contribution < 1.29 is 4.74 Å². The van der Waals surface area contributed by atoms with Gasteiger partial charge in [0.1, 0.15) is 17.5 Å². The van der Waals surface area contributed by atoms with Gasteiger partial charge < -0.3 is 15.8 Å². The van der Waals surface area contributed by atoms with E-state index in [1.54, 1.807) is 6.07 Å². The van der Waals surface area contributed by atoms with Gasteiger partial charge in [-0.3, -0.25) is 0 Å². The van der Waals surface area contributed by atoms with E-state index in [9.17, 15) is 0 Å². The first-order chi connectivity index (χ1) is 7.07. The molecule has 0 amide bonds. The summed E-state index contributed by atoms with van der Waals surface area (Å²) in [4.78, 5) is 8.31. The number of nitrogens with two attached hydrogens (primary N) is 1. The van der Waals surface area contributed by atoms with E-state index in [2.05, 4.69) is 22.2 Å². The Morgan fingerprint density at radius 1 is 1.53 bits per heavy atom. The van der Waals surface area contributed by atoms with Crippen molar-refractivity contribution in [3.63, 3.8) is 0 Å². The number of nitrogens with zero attached hydrogens (tertiary/aromatic N) is 2. The molecule has 2 rings (SSSR count). The van der Waals surface area contributed by atoms with Crippen molar-refractivity contribution >= 4 is 11.6 Å². The Hall–Kier alpha value is -1.36. The number of hydrogen-bond acceptors (Lipinski definition) is 5. The standard InChI is InChI=1S/C10H16N4O/c1-7-12-8(11)5-9(13-7)14-10(2)3-4-15-6-10/h5H,3-4,6H2,1-2H3,(H3,11,12,13,14). The van der Waals surface area contributed by atoms with Gasteiger partial charge >= 0.3 is 0 Å². The summed E-state index contributed by atoms with van der Waals surface area (Å²) in [7, 11) is 0. The predicted octanol–water partition coefficient (Wildman–Crippen LogP) is 0.958. The Morgan fingerprint density at radius 2 is 2.33 bits per heavy atom. The number of aromatic nitrogens is 2. The number of anilines is 2. The molecule has 0 saturated carbocycles. The summed E-state index contributed by atoms with van der Waals surface area (Å²) >= 11 is 0. The van der Waals surface area contributed by atoms with Crippen molar-refractivity contribution in [3.05, 3.63) is 11.9 Å². The van der Waals surface area contributed by atoms with Crippen LogP contribution in [0.1, 0.15) is 19.2 Å². The van der Waals surface area contributed by atoms with Crippen LogP contribution in [0.15, 0.2) is 6.07 Å². The molecule has 0 aromatic carbocycles. The van der Waals surface area contributed by atoms with Crippen molar-refractivity contribution in [1.82, 2.24) is 9.97 Å². The average molecular weight is 208 g/mol. The highest BCUT2D eigenvalue weighted by Crippen LogP contribution is 2.23. The van der Waals surface area contributed by atoms with Gasteiger partial charge in [0.05, 0.1) is 12.1 Å². The van der Waals surface area contributed by atoms with Crippen LogP contribution in [0.3, 0.4) is 0 Å². The number of rotatable bonds is 2. The second-order valence-corrected chi connectivity index (χ2v) is 4.21. The minimum Gasteiger partial charge on any atom is -0.384 e. The third-order valence-corrected chi connectivity index (χ3v) is 2.51. The Balaban J connectivity index is 2.16. The van der Waals surface area contributed by atoms with Crippen molar-refractivity contribution in [3.8, 4) is 0 Å². The van der Waals surface area contributed by atoms with Crippen LogP contribution in [0.5, 0.6) is 0 Å². The molecule has 1 aromatic heterocycles. The lowest BCUT2D eigenvalue weighted by atomic mass is 10.0. The first-order valence-corrected chi connectivity index (χ1v) is 5.04. The number of hydrogen-bond donors (Lipinski definition) is 2. The van der Waals surface area contributed by atoms with E-state index in [1.165, 1.54) is 0 Å². The number of nitrogens with one attached hydrogen (secondary N) is 1. The summed E-state index contributed by atoms with van der Waals surface area (Å²) in [5, 5.41) is 3.34. The molecule has 0 radical (unpaired) electrons. The SMILES string of the molecule is Cc1nc(N)cc(NC2(C)CCOC2)n1. The Kier molecular flexibility index (Phi) is 2.48. The van der Waals surface area contributed by atoms with E-state index < -0.39 is 0 Å². The van der Waals surface area contributed by atoms with Crippen LogP contribution in [0.2, 0.25) is 0 Å². The highest BCUT2D eigenvalue weighted by molar-refractivity contribution is 5.46. The summed E-state index contributed by atoms with van der Waals surface area (Å²) in [6.45, 7) is 5.45. The zero-order valence-electron chi connectivity index (χ0n) is 9.08. The molecule has 1 unspecified atom stereocenters. The average Bonchev–Trinajstić information content (AvgIpc) is 2.49. The van der Waals surface area contributed by atoms with Crippen molar-refractivity contribution in [2.75, 3.05) is 24.3 Å². The molecule has 1 aromatic rings. The first kappa shape index (κ1) is 10.2. The first-order valence-electron chi connectivity index (χ1n) is 5.04. The summed E-state index contributed by atoms with van der Waals surface area (Å²) < 4.78 is 5.36. The fraction of sp³-hybridized carbons (Fsp3) is 0.600. The molecule has 5 nitrogen and oxygen atoms in total. The van der Waals surface area contributed by atoms with Gasteiger partial charge in [0.2, 0.25) is 0 Å². The molecule has 3 N–H and O–H groups in total. The fourth-order valence-electron chi connectivity index (χ4n) is 1.73. The van der Waals surface area contributed by atoms with Gasteiger partial charge in [-0.25, -0.2) is 9.97 Å². The lowest BCUT2D eigenvalue weighted by Gasteiger charge is -2.24. The van der Waals surface area contributed by atoms with E-state index in [-0.39, 0.29) is 5.54 Å². The van der Waals surface area contributed by atoms with E-state index in [0.717, 1.165) is 18.8 Å². The van der Waals surface area contributed by atoms with E-state index in [0.29, 0.717) is 18.2 Å². The van der Waals surface area contributed by atoms with Gasteiger partial charge in [0.25, 0.3) is 0 Å². The molecule has 5 heteroatoms. The number of aryl methyl sites for hydroxylation is 1. The zero-order valence-corrected chi connectivity index (χ0v) is 9.08. The van der Waals surface area contributed by atoms with Gasteiger partial charge in [-0.2, -0.15) is 0 Å². The smallest absolute Gasteiger partial charge is 0.132 e. The predicted molar refractivity (Wildman–Crippen MR) is 58.6 cm³/mol. The van der Waals surface area contributed by atoms with E-state index in [4.69, 9.17) is 10.5 Å². The van der Waals surface area contributed by atoms with Crippen LogP contribution in [-0.2, 0) is 4.74 Å². The van der Waals surface area contributed by atoms with Crippen LogP contribution in [0.25, 0.3) is 0 Å². The number of nitrogen functional groups attached to an aromatic ring is 1. The van der Waals surface area contributed by atoms with Crippen molar-refractivity contribution in [2.45, 2.75) is 25.8 Å². The molecular formula is C10H16N4O. The highest BCUT2D eigenvalue weighted by Gasteiger charge is 2.29. The van der Waals surface area contributed by atoms with Gasteiger partial charge in [0, 0.05) is 12.7 Å². The molecule has 0 spiro atoms. The molecule has 1 atom stereocenters. The third-order valence-electron chi connectivity index (χ3n) is 2.51. The van der Waals surface area contributed by atoms with Crippen LogP contribution >= 0.6 is 0 Å². The third kappa shape index (κ3) is 2.36. The molecule has 1 aliphatic rings. The maximum Gasteiger partial charge on any atom is 0.132 e. The highest BCUT2D eigenvalue weighted by atomic mass is 16.5. The Labute approximate surface area is 89.1 Å². The second kappa shape index (κ2) is 3.66. The lowest BCUT2D eigenvalue weighted by Crippen LogP contribution is -2.35. The lowest BCUT2D eigenvalue weighted by molar-refractivity contribution is 0.185. The van der Waals surface area contributed by atoms with E-state index in [1.807, 2.05) is 6.92 Å². The molecular weight excluding hydrogens is 192 g/mol. The summed E-state index contributed by atoms with van der Waals surface area (Å²) in [6, 6.07) is 1.75. The Bertz CT molecular complexity index is 340. The second-order valence-electron chi connectivity index (χ2n) is 4.21. The molecule has 2 heterocycles. The summed E-state index contributed by atoms with van der Waals surface area (Å²) in [5.41, 5.74) is 5.62. The van der Waals surface area contributed by atoms with Crippen LogP contribution in [0, 0.1) is 6.92 Å².